The molecular formula is C16H25N3O3. The maximum absolute atomic E-state index is 11.9. The number of carbonyl (C=O) groups is 1. The molecule has 22 heavy (non-hydrogen) atoms. The number of aromatic nitrogens is 1. The number of nitrogens with zero attached hydrogens (tertiary/aromatic N) is 3. The predicted molar refractivity (Wildman–Crippen MR) is 85.3 cm³/mol. The van der Waals surface area contributed by atoms with Crippen molar-refractivity contribution in [2.24, 2.45) is 0 Å². The maximum atomic E-state index is 11.9. The fourth-order valence-electron chi connectivity index (χ4n) is 2.70. The van der Waals surface area contributed by atoms with Gasteiger partial charge in [-0.15, -0.1) is 0 Å². The van der Waals surface area contributed by atoms with Gasteiger partial charge in [-0.05, 0) is 26.0 Å². The molecule has 1 atom stereocenters. The zero-order valence-electron chi connectivity index (χ0n) is 14.0. The molecule has 0 saturated carbocycles. The zero-order valence-corrected chi connectivity index (χ0v) is 14.0. The highest BCUT2D eigenvalue weighted by atomic mass is 16.5. The van der Waals surface area contributed by atoms with Crippen LogP contribution < -0.4 is 4.90 Å². The summed E-state index contributed by atoms with van der Waals surface area (Å²) in [6.45, 7) is 6.15. The van der Waals surface area contributed by atoms with Gasteiger partial charge in [-0.3, -0.25) is 4.79 Å². The van der Waals surface area contributed by atoms with Gasteiger partial charge in [0.15, 0.2) is 0 Å². The number of ether oxygens (including phenoxy) is 2. The molecule has 0 N–H and O–H groups in total. The highest BCUT2D eigenvalue weighted by Crippen LogP contribution is 2.25. The summed E-state index contributed by atoms with van der Waals surface area (Å²) in [5.74, 6) is 0.811. The Morgan fingerprint density at radius 3 is 2.77 bits per heavy atom. The molecule has 6 heteroatoms. The number of carbonyl (C=O) groups excluding carboxylic acids is 1. The van der Waals surface area contributed by atoms with Crippen LogP contribution in [0, 0.1) is 0 Å². The van der Waals surface area contributed by atoms with Crippen molar-refractivity contribution in [1.29, 1.82) is 0 Å². The SMILES string of the molecule is COCC1CN(c2ccc(C(=O)N(C)C)cn2)CC(C)(C)O1. The number of rotatable bonds is 4. The van der Waals surface area contributed by atoms with Crippen LogP contribution in [0.4, 0.5) is 5.82 Å². The van der Waals surface area contributed by atoms with Gasteiger partial charge in [0.25, 0.3) is 5.91 Å². The quantitative estimate of drug-likeness (QED) is 0.842. The summed E-state index contributed by atoms with van der Waals surface area (Å²) in [5.41, 5.74) is 0.330. The molecule has 1 fully saturated rings. The van der Waals surface area contributed by atoms with Crippen LogP contribution in [0.1, 0.15) is 24.2 Å². The number of morpholine rings is 1. The third-order valence-electron chi connectivity index (χ3n) is 3.56. The Labute approximate surface area is 132 Å². The second kappa shape index (κ2) is 6.62. The Morgan fingerprint density at radius 2 is 2.23 bits per heavy atom. The van der Waals surface area contributed by atoms with E-state index < -0.39 is 0 Å². The molecule has 2 rings (SSSR count). The smallest absolute Gasteiger partial charge is 0.254 e. The van der Waals surface area contributed by atoms with Gasteiger partial charge >= 0.3 is 0 Å². The molecule has 0 aromatic carbocycles. The van der Waals surface area contributed by atoms with Gasteiger partial charge in [0.2, 0.25) is 0 Å². The van der Waals surface area contributed by atoms with E-state index in [0.29, 0.717) is 12.2 Å². The van der Waals surface area contributed by atoms with Crippen LogP contribution in [-0.2, 0) is 9.47 Å². The summed E-state index contributed by atoms with van der Waals surface area (Å²) in [7, 11) is 5.14. The molecule has 0 radical (unpaired) electrons. The molecule has 2 heterocycles. The van der Waals surface area contributed by atoms with E-state index in [1.54, 1.807) is 32.3 Å². The third kappa shape index (κ3) is 3.96. The zero-order chi connectivity index (χ0) is 16.3. The van der Waals surface area contributed by atoms with Crippen molar-refractivity contribution < 1.29 is 14.3 Å². The second-order valence-corrected chi connectivity index (χ2v) is 6.44. The maximum Gasteiger partial charge on any atom is 0.254 e. The van der Waals surface area contributed by atoms with Crippen molar-refractivity contribution in [2.45, 2.75) is 25.6 Å². The lowest BCUT2D eigenvalue weighted by Gasteiger charge is -2.43. The van der Waals surface area contributed by atoms with Gasteiger partial charge in [0.1, 0.15) is 5.82 Å². The van der Waals surface area contributed by atoms with Crippen LogP contribution in [0.5, 0.6) is 0 Å². The van der Waals surface area contributed by atoms with Crippen molar-refractivity contribution in [3.8, 4) is 0 Å². The van der Waals surface area contributed by atoms with Crippen molar-refractivity contribution in [1.82, 2.24) is 9.88 Å². The average Bonchev–Trinajstić information content (AvgIpc) is 2.45. The fourth-order valence-corrected chi connectivity index (χ4v) is 2.70. The summed E-state index contributed by atoms with van der Waals surface area (Å²) in [4.78, 5) is 20.1. The van der Waals surface area contributed by atoms with Gasteiger partial charge in [0, 0.05) is 40.5 Å². The molecule has 1 aliphatic heterocycles. The number of hydrogen-bond acceptors (Lipinski definition) is 5. The third-order valence-corrected chi connectivity index (χ3v) is 3.56. The Kier molecular flexibility index (Phi) is 5.03. The Hall–Kier alpha value is -1.66. The van der Waals surface area contributed by atoms with Crippen LogP contribution in [0.3, 0.4) is 0 Å². The minimum atomic E-state index is -0.263. The lowest BCUT2D eigenvalue weighted by Crippen LogP contribution is -2.54. The van der Waals surface area contributed by atoms with E-state index in [4.69, 9.17) is 9.47 Å². The van der Waals surface area contributed by atoms with Crippen LogP contribution in [-0.4, -0.2) is 68.4 Å². The van der Waals surface area contributed by atoms with Gasteiger partial charge < -0.3 is 19.3 Å². The Morgan fingerprint density at radius 1 is 1.50 bits per heavy atom. The summed E-state index contributed by atoms with van der Waals surface area (Å²) in [6, 6.07) is 3.71. The molecule has 1 saturated heterocycles. The summed E-state index contributed by atoms with van der Waals surface area (Å²) in [5, 5.41) is 0. The van der Waals surface area contributed by atoms with Gasteiger partial charge in [-0.25, -0.2) is 4.98 Å². The molecular weight excluding hydrogens is 282 g/mol. The number of anilines is 1. The molecule has 1 aromatic rings. The van der Waals surface area contributed by atoms with Crippen LogP contribution >= 0.6 is 0 Å². The highest BCUT2D eigenvalue weighted by Gasteiger charge is 2.34. The number of methoxy groups -OCH3 is 1. The lowest BCUT2D eigenvalue weighted by atomic mass is 10.1. The van der Waals surface area contributed by atoms with Crippen molar-refractivity contribution in [3.63, 3.8) is 0 Å². The molecule has 0 bridgehead atoms. The van der Waals surface area contributed by atoms with E-state index in [0.717, 1.165) is 18.9 Å². The molecule has 1 aliphatic rings. The molecule has 6 nitrogen and oxygen atoms in total. The van der Waals surface area contributed by atoms with E-state index in [9.17, 15) is 4.79 Å². The number of pyridine rings is 1. The monoisotopic (exact) mass is 307 g/mol. The first-order chi connectivity index (χ1) is 10.3. The van der Waals surface area contributed by atoms with Gasteiger partial charge in [-0.1, -0.05) is 0 Å². The van der Waals surface area contributed by atoms with Crippen molar-refractivity contribution in [3.05, 3.63) is 23.9 Å². The molecule has 1 amide bonds. The predicted octanol–water partition coefficient (Wildman–Crippen LogP) is 1.41. The number of hydrogen-bond donors (Lipinski definition) is 0. The van der Waals surface area contributed by atoms with E-state index in [1.807, 2.05) is 12.1 Å². The fraction of sp³-hybridized carbons (Fsp3) is 0.625. The van der Waals surface area contributed by atoms with Crippen LogP contribution in [0.25, 0.3) is 0 Å². The summed E-state index contributed by atoms with van der Waals surface area (Å²) >= 11 is 0. The summed E-state index contributed by atoms with van der Waals surface area (Å²) in [6.07, 6.45) is 1.64. The topological polar surface area (TPSA) is 54.9 Å². The molecule has 1 unspecified atom stereocenters. The van der Waals surface area contributed by atoms with Gasteiger partial charge in [-0.2, -0.15) is 0 Å². The van der Waals surface area contributed by atoms with E-state index in [-0.39, 0.29) is 17.6 Å². The van der Waals surface area contributed by atoms with Crippen LogP contribution in [0.15, 0.2) is 18.3 Å². The summed E-state index contributed by atoms with van der Waals surface area (Å²) < 4.78 is 11.2. The second-order valence-electron chi connectivity index (χ2n) is 6.44. The van der Waals surface area contributed by atoms with E-state index in [1.165, 1.54) is 0 Å². The molecule has 0 spiro atoms. The first-order valence-electron chi connectivity index (χ1n) is 7.42. The first-order valence-corrected chi connectivity index (χ1v) is 7.42. The van der Waals surface area contributed by atoms with Gasteiger partial charge in [0.05, 0.1) is 23.9 Å². The number of amides is 1. The van der Waals surface area contributed by atoms with E-state index >= 15 is 0 Å². The molecule has 122 valence electrons. The molecule has 1 aromatic heterocycles. The first kappa shape index (κ1) is 16.7. The normalized spacial score (nSPS) is 20.8. The lowest BCUT2D eigenvalue weighted by molar-refractivity contribution is -0.106. The standard InChI is InChI=1S/C16H25N3O3/c1-16(2)11-19(9-13(22-16)10-21-5)14-7-6-12(8-17-14)15(20)18(3)4/h6-8,13H,9-11H2,1-5H3. The van der Waals surface area contributed by atoms with Crippen molar-refractivity contribution in [2.75, 3.05) is 45.8 Å². The van der Waals surface area contributed by atoms with Crippen LogP contribution in [0.2, 0.25) is 0 Å². The minimum Gasteiger partial charge on any atom is -0.382 e. The Bertz CT molecular complexity index is 514. The largest absolute Gasteiger partial charge is 0.382 e. The Balaban J connectivity index is 2.14. The minimum absolute atomic E-state index is 0.0126. The average molecular weight is 307 g/mol. The van der Waals surface area contributed by atoms with Crippen molar-refractivity contribution >= 4 is 11.7 Å². The highest BCUT2D eigenvalue weighted by molar-refractivity contribution is 5.93. The van der Waals surface area contributed by atoms with E-state index in [2.05, 4.69) is 23.7 Å². The molecule has 0 aliphatic carbocycles.